The van der Waals surface area contributed by atoms with Crippen LogP contribution in [0.25, 0.3) is 0 Å². The summed E-state index contributed by atoms with van der Waals surface area (Å²) < 4.78 is 4.93. The number of carboxylic acids is 1. The molecule has 1 aliphatic rings. The van der Waals surface area contributed by atoms with Gasteiger partial charge in [0.1, 0.15) is 0 Å². The van der Waals surface area contributed by atoms with Crippen LogP contribution in [0.5, 0.6) is 0 Å². The van der Waals surface area contributed by atoms with Crippen LogP contribution in [-0.4, -0.2) is 23.7 Å². The highest BCUT2D eigenvalue weighted by molar-refractivity contribution is 5.72. The zero-order valence-corrected chi connectivity index (χ0v) is 10.3. The predicted octanol–water partition coefficient (Wildman–Crippen LogP) is 2.68. The molecule has 0 spiro atoms. The summed E-state index contributed by atoms with van der Waals surface area (Å²) in [5, 5.41) is 8.58. The van der Waals surface area contributed by atoms with Crippen molar-refractivity contribution in [1.82, 2.24) is 0 Å². The largest absolute Gasteiger partial charge is 0.481 e. The van der Waals surface area contributed by atoms with Crippen molar-refractivity contribution >= 4 is 11.9 Å². The van der Waals surface area contributed by atoms with E-state index in [0.717, 1.165) is 25.7 Å². The fraction of sp³-hybridized carbons (Fsp3) is 0.692. The molecular formula is C13H20O4. The number of carboxylic acid groups (broad SMARTS) is 1. The number of allylic oxidation sites excluding steroid dienone is 1. The standard InChI is InChI=1S/C13H20O4/c1-2-17-13(16)9-11-7-3-5-10(11)6-4-8-12(14)15/h2-9H2,1H3,(H,14,15). The molecule has 0 aliphatic heterocycles. The Balaban J connectivity index is 2.43. The van der Waals surface area contributed by atoms with Gasteiger partial charge in [0.25, 0.3) is 0 Å². The minimum absolute atomic E-state index is 0.167. The first kappa shape index (κ1) is 13.7. The first-order chi connectivity index (χ1) is 8.13. The summed E-state index contributed by atoms with van der Waals surface area (Å²) in [6, 6.07) is 0. The smallest absolute Gasteiger partial charge is 0.309 e. The lowest BCUT2D eigenvalue weighted by Gasteiger charge is -2.06. The number of hydrogen-bond donors (Lipinski definition) is 1. The number of ether oxygens (including phenoxy) is 1. The molecule has 1 N–H and O–H groups in total. The molecule has 0 aromatic heterocycles. The number of esters is 1. The molecule has 0 unspecified atom stereocenters. The van der Waals surface area contributed by atoms with E-state index in [-0.39, 0.29) is 12.4 Å². The lowest BCUT2D eigenvalue weighted by molar-refractivity contribution is -0.142. The average molecular weight is 240 g/mol. The maximum atomic E-state index is 11.4. The quantitative estimate of drug-likeness (QED) is 0.549. The van der Waals surface area contributed by atoms with Gasteiger partial charge >= 0.3 is 11.9 Å². The van der Waals surface area contributed by atoms with E-state index in [2.05, 4.69) is 0 Å². The van der Waals surface area contributed by atoms with Crippen LogP contribution in [0.1, 0.15) is 51.9 Å². The van der Waals surface area contributed by atoms with E-state index in [9.17, 15) is 9.59 Å². The first-order valence-corrected chi connectivity index (χ1v) is 6.20. The summed E-state index contributed by atoms with van der Waals surface area (Å²) in [7, 11) is 0. The molecule has 0 fully saturated rings. The highest BCUT2D eigenvalue weighted by atomic mass is 16.5. The number of hydrogen-bond acceptors (Lipinski definition) is 3. The van der Waals surface area contributed by atoms with Crippen molar-refractivity contribution in [3.05, 3.63) is 11.1 Å². The second-order valence-electron chi connectivity index (χ2n) is 4.29. The third-order valence-corrected chi connectivity index (χ3v) is 2.99. The molecule has 0 saturated heterocycles. The van der Waals surface area contributed by atoms with Crippen LogP contribution in [0.3, 0.4) is 0 Å². The molecule has 0 atom stereocenters. The molecule has 1 aliphatic carbocycles. The monoisotopic (exact) mass is 240 g/mol. The lowest BCUT2D eigenvalue weighted by Crippen LogP contribution is -2.05. The fourth-order valence-electron chi connectivity index (χ4n) is 2.22. The Morgan fingerprint density at radius 1 is 1.29 bits per heavy atom. The van der Waals surface area contributed by atoms with Gasteiger partial charge in [-0.1, -0.05) is 11.1 Å². The molecule has 4 nitrogen and oxygen atoms in total. The average Bonchev–Trinajstić information content (AvgIpc) is 2.65. The minimum atomic E-state index is -0.754. The van der Waals surface area contributed by atoms with Gasteiger partial charge in [0.2, 0.25) is 0 Å². The van der Waals surface area contributed by atoms with Crippen molar-refractivity contribution in [1.29, 1.82) is 0 Å². The second-order valence-corrected chi connectivity index (χ2v) is 4.29. The van der Waals surface area contributed by atoms with Gasteiger partial charge in [-0.25, -0.2) is 0 Å². The summed E-state index contributed by atoms with van der Waals surface area (Å²) in [6.45, 7) is 2.22. The summed E-state index contributed by atoms with van der Waals surface area (Å²) in [5.41, 5.74) is 2.45. The normalized spacial score (nSPS) is 15.1. The van der Waals surface area contributed by atoms with Crippen molar-refractivity contribution in [3.63, 3.8) is 0 Å². The fourth-order valence-corrected chi connectivity index (χ4v) is 2.22. The Hall–Kier alpha value is -1.32. The van der Waals surface area contributed by atoms with Crippen molar-refractivity contribution < 1.29 is 19.4 Å². The van der Waals surface area contributed by atoms with Gasteiger partial charge in [-0.15, -0.1) is 0 Å². The maximum absolute atomic E-state index is 11.4. The van der Waals surface area contributed by atoms with Crippen molar-refractivity contribution in [2.45, 2.75) is 51.9 Å². The molecule has 1 rings (SSSR count). The van der Waals surface area contributed by atoms with Crippen LogP contribution in [-0.2, 0) is 14.3 Å². The number of carbonyl (C=O) groups excluding carboxylic acids is 1. The van der Waals surface area contributed by atoms with E-state index in [0.29, 0.717) is 19.4 Å². The number of rotatable bonds is 7. The van der Waals surface area contributed by atoms with Crippen LogP contribution in [0.4, 0.5) is 0 Å². The first-order valence-electron chi connectivity index (χ1n) is 6.20. The lowest BCUT2D eigenvalue weighted by atomic mass is 10.0. The molecule has 17 heavy (non-hydrogen) atoms. The van der Waals surface area contributed by atoms with Gasteiger partial charge in [-0.2, -0.15) is 0 Å². The minimum Gasteiger partial charge on any atom is -0.481 e. The van der Waals surface area contributed by atoms with Crippen molar-refractivity contribution in [2.24, 2.45) is 0 Å². The molecule has 0 aromatic rings. The van der Waals surface area contributed by atoms with Gasteiger partial charge in [0, 0.05) is 6.42 Å². The van der Waals surface area contributed by atoms with Crippen LogP contribution < -0.4 is 0 Å². The summed E-state index contributed by atoms with van der Waals surface area (Å²) in [4.78, 5) is 21.8. The molecule has 0 bridgehead atoms. The molecule has 0 saturated carbocycles. The van der Waals surface area contributed by atoms with Gasteiger partial charge in [-0.3, -0.25) is 9.59 Å². The predicted molar refractivity (Wildman–Crippen MR) is 63.6 cm³/mol. The SMILES string of the molecule is CCOC(=O)CC1=C(CCCC(=O)O)CCC1. The van der Waals surface area contributed by atoms with Crippen LogP contribution in [0.15, 0.2) is 11.1 Å². The second kappa shape index (κ2) is 7.09. The molecule has 96 valence electrons. The topological polar surface area (TPSA) is 63.6 Å². The van der Waals surface area contributed by atoms with Crippen LogP contribution in [0.2, 0.25) is 0 Å². The van der Waals surface area contributed by atoms with E-state index < -0.39 is 5.97 Å². The number of aliphatic carboxylic acids is 1. The summed E-state index contributed by atoms with van der Waals surface area (Å²) in [5.74, 6) is -0.921. The molecule has 0 heterocycles. The third kappa shape index (κ3) is 5.02. The van der Waals surface area contributed by atoms with Gasteiger partial charge < -0.3 is 9.84 Å². The third-order valence-electron chi connectivity index (χ3n) is 2.99. The van der Waals surface area contributed by atoms with E-state index in [1.54, 1.807) is 6.92 Å². The molecular weight excluding hydrogens is 220 g/mol. The summed E-state index contributed by atoms with van der Waals surface area (Å²) in [6.07, 6.45) is 5.11. The van der Waals surface area contributed by atoms with E-state index in [4.69, 9.17) is 9.84 Å². The maximum Gasteiger partial charge on any atom is 0.309 e. The number of carbonyl (C=O) groups is 2. The Morgan fingerprint density at radius 2 is 2.00 bits per heavy atom. The molecule has 0 aromatic carbocycles. The van der Waals surface area contributed by atoms with E-state index in [1.807, 2.05) is 0 Å². The summed E-state index contributed by atoms with van der Waals surface area (Å²) >= 11 is 0. The van der Waals surface area contributed by atoms with Gasteiger partial charge in [-0.05, 0) is 39.0 Å². The molecule has 0 radical (unpaired) electrons. The highest BCUT2D eigenvalue weighted by Gasteiger charge is 2.17. The zero-order chi connectivity index (χ0) is 12.7. The van der Waals surface area contributed by atoms with Gasteiger partial charge in [0.15, 0.2) is 0 Å². The van der Waals surface area contributed by atoms with Crippen molar-refractivity contribution in [2.75, 3.05) is 6.61 Å². The Kier molecular flexibility index (Phi) is 5.73. The molecule has 4 heteroatoms. The Bertz CT molecular complexity index is 317. The molecule has 0 amide bonds. The van der Waals surface area contributed by atoms with Crippen molar-refractivity contribution in [3.8, 4) is 0 Å². The Labute approximate surface area is 102 Å². The van der Waals surface area contributed by atoms with Crippen LogP contribution in [0, 0.1) is 0 Å². The highest BCUT2D eigenvalue weighted by Crippen LogP contribution is 2.31. The van der Waals surface area contributed by atoms with Crippen LogP contribution >= 0.6 is 0 Å². The Morgan fingerprint density at radius 3 is 2.65 bits per heavy atom. The van der Waals surface area contributed by atoms with E-state index in [1.165, 1.54) is 11.1 Å². The van der Waals surface area contributed by atoms with Gasteiger partial charge in [0.05, 0.1) is 13.0 Å². The van der Waals surface area contributed by atoms with E-state index >= 15 is 0 Å². The zero-order valence-electron chi connectivity index (χ0n) is 10.3.